The van der Waals surface area contributed by atoms with Gasteiger partial charge in [0.25, 0.3) is 15.9 Å². The van der Waals surface area contributed by atoms with Gasteiger partial charge in [-0.25, -0.2) is 16.8 Å². The Morgan fingerprint density at radius 1 is 1.11 bits per heavy atom. The van der Waals surface area contributed by atoms with Gasteiger partial charge in [-0.2, -0.15) is 4.98 Å². The van der Waals surface area contributed by atoms with Crippen LogP contribution in [-0.4, -0.2) is 68.6 Å². The first kappa shape index (κ1) is 25.7. The van der Waals surface area contributed by atoms with Crippen LogP contribution in [0.25, 0.3) is 11.4 Å². The maximum absolute atomic E-state index is 13.1. The van der Waals surface area contributed by atoms with Gasteiger partial charge in [0.2, 0.25) is 17.5 Å². The molecule has 3 aromatic rings. The summed E-state index contributed by atoms with van der Waals surface area (Å²) in [6.07, 6.45) is 1.59. The molecule has 1 saturated carbocycles. The summed E-state index contributed by atoms with van der Waals surface area (Å²) < 4.78 is 57.7. The van der Waals surface area contributed by atoms with Crippen molar-refractivity contribution in [3.8, 4) is 11.4 Å². The van der Waals surface area contributed by atoms with E-state index < -0.39 is 49.9 Å². The second-order valence-corrected chi connectivity index (χ2v) is 12.9. The molecule has 0 spiro atoms. The molecule has 0 bridgehead atoms. The Balaban J connectivity index is 1.34. The number of ketones is 1. The van der Waals surface area contributed by atoms with Gasteiger partial charge in [-0.3, -0.25) is 19.3 Å². The minimum absolute atomic E-state index is 0.0282. The van der Waals surface area contributed by atoms with Crippen LogP contribution in [0.4, 0.5) is 0 Å². The van der Waals surface area contributed by atoms with E-state index in [9.17, 15) is 26.4 Å². The Hall–Kier alpha value is -3.91. The van der Waals surface area contributed by atoms with E-state index in [1.165, 1.54) is 18.2 Å². The molecule has 1 fully saturated rings. The van der Waals surface area contributed by atoms with Gasteiger partial charge < -0.3 is 9.84 Å². The normalized spacial score (nSPS) is 17.9. The monoisotopic (exact) mass is 557 g/mol. The van der Waals surface area contributed by atoms with E-state index in [2.05, 4.69) is 25.2 Å². The number of hydrogen-bond donors (Lipinski definition) is 2. The number of Topliss-reactive ketones (excluding diaryl/α,β-unsaturated/α-hetero) is 1. The van der Waals surface area contributed by atoms with E-state index in [-0.39, 0.29) is 39.7 Å². The maximum atomic E-state index is 13.1. The van der Waals surface area contributed by atoms with E-state index in [1.54, 1.807) is 30.3 Å². The first-order valence-electron chi connectivity index (χ1n) is 11.7. The Morgan fingerprint density at radius 2 is 1.82 bits per heavy atom. The number of carbonyl (C=O) groups excluding carboxylic acids is 2. The number of nitrogens with zero attached hydrogens (tertiary/aromatic N) is 3. The van der Waals surface area contributed by atoms with Crippen molar-refractivity contribution in [1.82, 2.24) is 20.2 Å². The maximum Gasteiger partial charge on any atom is 0.296 e. The molecule has 0 saturated heterocycles. The number of aromatic nitrogens is 2. The highest BCUT2D eigenvalue weighted by atomic mass is 32.2. The minimum Gasteiger partial charge on any atom is -0.347 e. The third kappa shape index (κ3) is 5.81. The summed E-state index contributed by atoms with van der Waals surface area (Å²) >= 11 is 0. The number of fused-ring (bicyclic) bond motifs is 1. The van der Waals surface area contributed by atoms with Gasteiger partial charge in [-0.05, 0) is 30.9 Å². The molecule has 2 aliphatic rings. The van der Waals surface area contributed by atoms with E-state index >= 15 is 0 Å². The number of rotatable bonds is 10. The molecule has 5 rings (SSSR count). The second kappa shape index (κ2) is 10.1. The topological polar surface area (TPSA) is 178 Å². The largest absolute Gasteiger partial charge is 0.347 e. The summed E-state index contributed by atoms with van der Waals surface area (Å²) in [5.74, 6) is -2.52. The van der Waals surface area contributed by atoms with Crippen LogP contribution in [0.15, 0.2) is 69.0 Å². The van der Waals surface area contributed by atoms with E-state index in [4.69, 9.17) is 4.52 Å². The van der Waals surface area contributed by atoms with Crippen molar-refractivity contribution in [2.45, 2.75) is 23.8 Å². The Morgan fingerprint density at radius 3 is 2.55 bits per heavy atom. The zero-order valence-corrected chi connectivity index (χ0v) is 21.5. The smallest absolute Gasteiger partial charge is 0.296 e. The first-order valence-corrected chi connectivity index (χ1v) is 15.0. The fraction of sp³-hybridized carbons (Fsp3) is 0.292. The van der Waals surface area contributed by atoms with Gasteiger partial charge in [0, 0.05) is 11.1 Å². The van der Waals surface area contributed by atoms with Gasteiger partial charge in [-0.1, -0.05) is 47.6 Å². The zero-order valence-electron chi connectivity index (χ0n) is 19.9. The number of sulfonamides is 1. The van der Waals surface area contributed by atoms with Crippen LogP contribution in [0.2, 0.25) is 0 Å². The number of amides is 1. The minimum atomic E-state index is -3.90. The quantitative estimate of drug-likeness (QED) is 0.344. The molecule has 1 aliphatic heterocycles. The molecule has 1 amide bonds. The molecule has 1 atom stereocenters. The van der Waals surface area contributed by atoms with E-state index in [1.807, 2.05) is 6.07 Å². The molecule has 2 heterocycles. The standard InChI is InChI=1S/C24H23N5O7S2/c30-19(24-27-21(28-36-24)16-6-2-1-3-7-16)12-25-23(31)18(14-37(32,33)13-15-10-11-15)26-22-17-8-4-5-9-20(17)38(34,35)29-22/h1-9,15,18H,10-14H2,(H,25,31)(H,26,29)/t18-/m0/s1. The zero-order chi connectivity index (χ0) is 26.9. The summed E-state index contributed by atoms with van der Waals surface area (Å²) in [7, 11) is -7.60. The average molecular weight is 558 g/mol. The SMILES string of the molecule is O=C(CNC(=O)[C@H](CS(=O)(=O)CC1CC1)N=C1NS(=O)(=O)c2ccccc21)c1nc(-c2ccccc2)no1. The number of nitrogens with one attached hydrogen (secondary N) is 2. The highest BCUT2D eigenvalue weighted by molar-refractivity contribution is 7.91. The molecule has 38 heavy (non-hydrogen) atoms. The van der Waals surface area contributed by atoms with Crippen LogP contribution >= 0.6 is 0 Å². The van der Waals surface area contributed by atoms with Crippen LogP contribution in [0.5, 0.6) is 0 Å². The number of sulfone groups is 1. The van der Waals surface area contributed by atoms with Gasteiger partial charge in [0.1, 0.15) is 11.9 Å². The van der Waals surface area contributed by atoms with Gasteiger partial charge >= 0.3 is 0 Å². The van der Waals surface area contributed by atoms with Crippen molar-refractivity contribution in [2.24, 2.45) is 10.9 Å². The Labute approximate surface area is 218 Å². The van der Waals surface area contributed by atoms with E-state index in [0.29, 0.717) is 5.56 Å². The second-order valence-electron chi connectivity index (χ2n) is 9.05. The number of aliphatic imine (C=N–C) groups is 1. The van der Waals surface area contributed by atoms with Crippen molar-refractivity contribution < 1.29 is 30.9 Å². The molecule has 0 radical (unpaired) electrons. The van der Waals surface area contributed by atoms with Gasteiger partial charge in [0.15, 0.2) is 9.84 Å². The number of hydrogen-bond acceptors (Lipinski definition) is 10. The van der Waals surface area contributed by atoms with Crippen LogP contribution in [-0.2, 0) is 24.7 Å². The predicted molar refractivity (Wildman–Crippen MR) is 136 cm³/mol. The summed E-state index contributed by atoms with van der Waals surface area (Å²) in [5, 5.41) is 6.14. The molecule has 14 heteroatoms. The third-order valence-corrected chi connectivity index (χ3v) is 9.17. The summed E-state index contributed by atoms with van der Waals surface area (Å²) in [6, 6.07) is 13.4. The molecule has 2 N–H and O–H groups in total. The number of carbonyl (C=O) groups is 2. The number of amidine groups is 1. The summed E-state index contributed by atoms with van der Waals surface area (Å²) in [4.78, 5) is 33.9. The molecular weight excluding hydrogens is 534 g/mol. The van der Waals surface area contributed by atoms with Crippen LogP contribution < -0.4 is 10.0 Å². The van der Waals surface area contributed by atoms with Crippen LogP contribution in [0.1, 0.15) is 29.1 Å². The lowest BCUT2D eigenvalue weighted by Crippen LogP contribution is -2.42. The highest BCUT2D eigenvalue weighted by Crippen LogP contribution is 2.31. The molecule has 1 aromatic heterocycles. The van der Waals surface area contributed by atoms with E-state index in [0.717, 1.165) is 12.8 Å². The van der Waals surface area contributed by atoms with Gasteiger partial charge in [-0.15, -0.1) is 0 Å². The van der Waals surface area contributed by atoms with Crippen molar-refractivity contribution in [2.75, 3.05) is 18.1 Å². The molecule has 0 unspecified atom stereocenters. The fourth-order valence-electron chi connectivity index (χ4n) is 3.91. The fourth-order valence-corrected chi connectivity index (χ4v) is 7.05. The lowest BCUT2D eigenvalue weighted by atomic mass is 10.2. The lowest BCUT2D eigenvalue weighted by molar-refractivity contribution is -0.121. The average Bonchev–Trinajstić information content (AvgIpc) is 3.47. The Bertz CT molecular complexity index is 1630. The summed E-state index contributed by atoms with van der Waals surface area (Å²) in [5.41, 5.74) is 0.857. The predicted octanol–water partition coefficient (Wildman–Crippen LogP) is 0.968. The van der Waals surface area contributed by atoms with Crippen LogP contribution in [0.3, 0.4) is 0 Å². The first-order chi connectivity index (χ1) is 18.1. The lowest BCUT2D eigenvalue weighted by Gasteiger charge is -2.14. The molecular formula is C24H23N5O7S2. The van der Waals surface area contributed by atoms with Crippen molar-refractivity contribution in [1.29, 1.82) is 0 Å². The van der Waals surface area contributed by atoms with Gasteiger partial charge in [0.05, 0.1) is 22.9 Å². The van der Waals surface area contributed by atoms with Crippen LogP contribution in [0, 0.1) is 5.92 Å². The third-order valence-electron chi connectivity index (χ3n) is 5.97. The Kier molecular flexibility index (Phi) is 6.84. The van der Waals surface area contributed by atoms with Crippen molar-refractivity contribution in [3.05, 3.63) is 66.1 Å². The highest BCUT2D eigenvalue weighted by Gasteiger charge is 2.35. The molecule has 12 nitrogen and oxygen atoms in total. The molecule has 1 aliphatic carbocycles. The van der Waals surface area contributed by atoms with Crippen molar-refractivity contribution in [3.63, 3.8) is 0 Å². The number of benzene rings is 2. The molecule has 2 aromatic carbocycles. The van der Waals surface area contributed by atoms with Crippen molar-refractivity contribution >= 4 is 37.4 Å². The summed E-state index contributed by atoms with van der Waals surface area (Å²) in [6.45, 7) is -0.554. The molecule has 198 valence electrons.